The molecule has 218 valence electrons. The third kappa shape index (κ3) is 7.45. The van der Waals surface area contributed by atoms with Crippen LogP contribution in [0.1, 0.15) is 31.4 Å². The summed E-state index contributed by atoms with van der Waals surface area (Å²) in [5, 5.41) is -0.108. The summed E-state index contributed by atoms with van der Waals surface area (Å²) in [6.45, 7) is 4.77. The lowest BCUT2D eigenvalue weighted by atomic mass is 9.37. The van der Waals surface area contributed by atoms with E-state index >= 15 is 0 Å². The van der Waals surface area contributed by atoms with Gasteiger partial charge in [-0.05, 0) is 30.5 Å². The SMILES string of the molecule is CCC(C)=CC[SiH2]C(c1ccccc1)(c1ccccc1)n1ccnc1.c1ccc(B(c2ccccc2)c2ccccc2)cc1. The fourth-order valence-corrected chi connectivity index (χ4v) is 8.53. The number of aromatic nitrogens is 2. The number of benzene rings is 5. The van der Waals surface area contributed by atoms with Crippen molar-refractivity contribution in [1.29, 1.82) is 0 Å². The van der Waals surface area contributed by atoms with E-state index in [1.807, 2.05) is 12.5 Å². The minimum Gasteiger partial charge on any atom is -0.327 e. The van der Waals surface area contributed by atoms with E-state index in [2.05, 4.69) is 187 Å². The molecule has 5 aromatic carbocycles. The van der Waals surface area contributed by atoms with E-state index in [-0.39, 0.29) is 5.16 Å². The second-order valence-electron chi connectivity index (χ2n) is 11.2. The van der Waals surface area contributed by atoms with Crippen molar-refractivity contribution in [2.75, 3.05) is 0 Å². The summed E-state index contributed by atoms with van der Waals surface area (Å²) >= 11 is 0. The van der Waals surface area contributed by atoms with Crippen molar-refractivity contribution in [1.82, 2.24) is 9.55 Å². The predicted octanol–water partition coefficient (Wildman–Crippen LogP) is 6.78. The van der Waals surface area contributed by atoms with E-state index in [0.29, 0.717) is 6.71 Å². The van der Waals surface area contributed by atoms with Gasteiger partial charge in [-0.25, -0.2) is 4.98 Å². The quantitative estimate of drug-likeness (QED) is 0.128. The van der Waals surface area contributed by atoms with Gasteiger partial charge in [-0.2, -0.15) is 0 Å². The Morgan fingerprint density at radius 1 is 0.659 bits per heavy atom. The normalized spacial score (nSPS) is 11.6. The van der Waals surface area contributed by atoms with Gasteiger partial charge in [0.2, 0.25) is 6.71 Å². The molecule has 0 amide bonds. The molecule has 44 heavy (non-hydrogen) atoms. The molecule has 1 aromatic heterocycles. The first-order valence-electron chi connectivity index (χ1n) is 15.6. The highest BCUT2D eigenvalue weighted by molar-refractivity contribution is 6.95. The Bertz CT molecular complexity index is 1540. The molecule has 0 unspecified atom stereocenters. The van der Waals surface area contributed by atoms with E-state index < -0.39 is 9.52 Å². The standard InChI is InChI=1S/C22H26N2Si.C18H15B/c1-3-19(2)14-17-25-22(24-16-15-23-18-24,20-10-6-4-7-11-20)21-12-8-5-9-13-21;1-4-10-16(11-5-1)19(17-12-6-2-7-13-17)18-14-8-3-9-15-18/h4-16,18H,3,17,25H2,1-2H3;1-15H. The monoisotopic (exact) mass is 588 g/mol. The van der Waals surface area contributed by atoms with E-state index in [1.54, 1.807) is 0 Å². The van der Waals surface area contributed by atoms with Crippen LogP contribution in [0.3, 0.4) is 0 Å². The summed E-state index contributed by atoms with van der Waals surface area (Å²) in [4.78, 5) is 4.37. The van der Waals surface area contributed by atoms with Gasteiger partial charge < -0.3 is 4.57 Å². The Morgan fingerprint density at radius 3 is 1.43 bits per heavy atom. The molecule has 0 bridgehead atoms. The van der Waals surface area contributed by atoms with Gasteiger partial charge in [-0.3, -0.25) is 0 Å². The lowest BCUT2D eigenvalue weighted by molar-refractivity contribution is 0.592. The van der Waals surface area contributed by atoms with E-state index in [4.69, 9.17) is 0 Å². The smallest absolute Gasteiger partial charge is 0.241 e. The van der Waals surface area contributed by atoms with Crippen LogP contribution in [0.25, 0.3) is 0 Å². The number of nitrogens with zero attached hydrogens (tertiary/aromatic N) is 2. The molecule has 0 aliphatic heterocycles. The van der Waals surface area contributed by atoms with Gasteiger partial charge in [0.25, 0.3) is 0 Å². The highest BCUT2D eigenvalue weighted by Gasteiger charge is 2.35. The van der Waals surface area contributed by atoms with E-state index in [9.17, 15) is 0 Å². The van der Waals surface area contributed by atoms with Crippen molar-refractivity contribution < 1.29 is 0 Å². The van der Waals surface area contributed by atoms with Gasteiger partial charge in [-0.1, -0.05) is 187 Å². The third-order valence-corrected chi connectivity index (χ3v) is 10.9. The summed E-state index contributed by atoms with van der Waals surface area (Å²) in [6, 6.07) is 55.0. The van der Waals surface area contributed by atoms with E-state index in [1.165, 1.54) is 39.1 Å². The molecule has 0 aliphatic carbocycles. The van der Waals surface area contributed by atoms with Crippen LogP contribution in [0.4, 0.5) is 0 Å². The van der Waals surface area contributed by atoms with Crippen molar-refractivity contribution in [2.45, 2.75) is 31.5 Å². The average Bonchev–Trinajstić information content (AvgIpc) is 3.65. The van der Waals surface area contributed by atoms with Crippen LogP contribution in [0, 0.1) is 0 Å². The summed E-state index contributed by atoms with van der Waals surface area (Å²) in [5.74, 6) is 0. The number of allylic oxidation sites excluding steroid dienone is 2. The number of hydrogen-bond acceptors (Lipinski definition) is 1. The molecule has 6 aromatic rings. The zero-order chi connectivity index (χ0) is 30.5. The summed E-state index contributed by atoms with van der Waals surface area (Å²) in [6.07, 6.45) is 9.54. The Balaban J connectivity index is 0.000000181. The van der Waals surface area contributed by atoms with Gasteiger partial charge in [-0.15, -0.1) is 0 Å². The van der Waals surface area contributed by atoms with Crippen molar-refractivity contribution in [3.63, 3.8) is 0 Å². The van der Waals surface area contributed by atoms with Gasteiger partial charge >= 0.3 is 0 Å². The minimum atomic E-state index is -0.553. The fourth-order valence-electron chi connectivity index (χ4n) is 5.98. The first-order chi connectivity index (χ1) is 21.7. The number of rotatable bonds is 10. The van der Waals surface area contributed by atoms with E-state index in [0.717, 1.165) is 6.42 Å². The molecule has 0 saturated carbocycles. The molecule has 4 heteroatoms. The molecule has 1 heterocycles. The number of imidazole rings is 1. The predicted molar refractivity (Wildman–Crippen MR) is 193 cm³/mol. The maximum Gasteiger partial charge on any atom is 0.241 e. The molecule has 0 fully saturated rings. The van der Waals surface area contributed by atoms with Crippen LogP contribution < -0.4 is 16.4 Å². The first-order valence-corrected chi connectivity index (χ1v) is 17.3. The summed E-state index contributed by atoms with van der Waals surface area (Å²) < 4.78 is 2.32. The molecule has 0 radical (unpaired) electrons. The Labute approximate surface area is 266 Å². The lowest BCUT2D eigenvalue weighted by Gasteiger charge is -2.36. The Hall–Kier alpha value is -4.67. The molecule has 0 saturated heterocycles. The fraction of sp³-hybridized carbons (Fsp3) is 0.125. The first kappa shape index (κ1) is 30.8. The maximum atomic E-state index is 4.37. The summed E-state index contributed by atoms with van der Waals surface area (Å²) in [7, 11) is -0.553. The van der Waals surface area contributed by atoms with Crippen LogP contribution >= 0.6 is 0 Å². The van der Waals surface area contributed by atoms with Gasteiger partial charge in [0.1, 0.15) is 0 Å². The topological polar surface area (TPSA) is 17.8 Å². The molecule has 0 spiro atoms. The van der Waals surface area contributed by atoms with Crippen molar-refractivity contribution >= 4 is 32.6 Å². The second-order valence-corrected chi connectivity index (χ2v) is 13.3. The van der Waals surface area contributed by atoms with Crippen LogP contribution in [-0.4, -0.2) is 25.8 Å². The molecular formula is C40H41BN2Si. The highest BCUT2D eigenvalue weighted by Crippen LogP contribution is 2.34. The van der Waals surface area contributed by atoms with Crippen LogP contribution in [-0.2, 0) is 5.16 Å². The molecule has 2 nitrogen and oxygen atoms in total. The molecule has 0 atom stereocenters. The van der Waals surface area contributed by atoms with Crippen LogP contribution in [0.15, 0.2) is 182 Å². The van der Waals surface area contributed by atoms with Crippen molar-refractivity contribution in [3.8, 4) is 0 Å². The lowest BCUT2D eigenvalue weighted by Crippen LogP contribution is -2.51. The molecule has 6 rings (SSSR count). The zero-order valence-electron chi connectivity index (χ0n) is 25.8. The minimum absolute atomic E-state index is 0.108. The zero-order valence-corrected chi connectivity index (χ0v) is 27.3. The van der Waals surface area contributed by atoms with Crippen LogP contribution in [0.2, 0.25) is 6.04 Å². The van der Waals surface area contributed by atoms with Gasteiger partial charge in [0.05, 0.1) is 21.0 Å². The molecule has 0 N–H and O–H groups in total. The second kappa shape index (κ2) is 15.7. The average molecular weight is 589 g/mol. The summed E-state index contributed by atoms with van der Waals surface area (Å²) in [5.41, 5.74) is 8.19. The molecular weight excluding hydrogens is 547 g/mol. The Kier molecular flexibility index (Phi) is 11.0. The Morgan fingerprint density at radius 2 is 1.07 bits per heavy atom. The van der Waals surface area contributed by atoms with Crippen LogP contribution in [0.5, 0.6) is 0 Å². The third-order valence-electron chi connectivity index (χ3n) is 8.40. The number of hydrogen-bond donors (Lipinski definition) is 0. The molecule has 0 aliphatic rings. The van der Waals surface area contributed by atoms with Gasteiger partial charge in [0, 0.05) is 12.4 Å². The highest BCUT2D eigenvalue weighted by atomic mass is 28.2. The van der Waals surface area contributed by atoms with Crippen molar-refractivity contribution in [3.05, 3.63) is 193 Å². The maximum absolute atomic E-state index is 4.37. The largest absolute Gasteiger partial charge is 0.327 e. The van der Waals surface area contributed by atoms with Gasteiger partial charge in [0.15, 0.2) is 0 Å². The van der Waals surface area contributed by atoms with Crippen molar-refractivity contribution in [2.24, 2.45) is 0 Å².